The van der Waals surface area contributed by atoms with E-state index in [1.165, 1.54) is 24.3 Å². The third-order valence-electron chi connectivity index (χ3n) is 4.77. The monoisotopic (exact) mass is 433 g/mol. The number of hydrogen-bond donors (Lipinski definition) is 2. The van der Waals surface area contributed by atoms with Crippen LogP contribution in [0.3, 0.4) is 0 Å². The molecule has 3 aromatic rings. The number of benzene rings is 3. The predicted molar refractivity (Wildman–Crippen MR) is 121 cm³/mol. The van der Waals surface area contributed by atoms with Gasteiger partial charge in [-0.25, -0.2) is 0 Å². The summed E-state index contributed by atoms with van der Waals surface area (Å²) < 4.78 is 5.55. The second kappa shape index (κ2) is 10.2. The maximum Gasteiger partial charge on any atom is 0.269 e. The molecule has 0 saturated carbocycles. The Morgan fingerprint density at radius 3 is 2.28 bits per heavy atom. The number of carbonyl (C=O) groups is 2. The average molecular weight is 433 g/mol. The van der Waals surface area contributed by atoms with Gasteiger partial charge < -0.3 is 15.4 Å². The van der Waals surface area contributed by atoms with Gasteiger partial charge in [-0.3, -0.25) is 19.7 Å². The summed E-state index contributed by atoms with van der Waals surface area (Å²) in [6, 6.07) is 21.5. The average Bonchev–Trinajstić information content (AvgIpc) is 2.80. The number of nitrogens with one attached hydrogen (secondary N) is 2. The zero-order valence-electron chi connectivity index (χ0n) is 17.6. The number of hydrogen-bond acceptors (Lipinski definition) is 5. The SMILES string of the molecule is CC(Oc1ccc([N+](=O)[O-])cc1)C(=O)Nc1cccc(C(=O)NC(C)c2ccccc2)c1. The number of nitrogens with zero attached hydrogens (tertiary/aromatic N) is 1. The Kier molecular flexibility index (Phi) is 7.17. The molecule has 2 N–H and O–H groups in total. The summed E-state index contributed by atoms with van der Waals surface area (Å²) in [5, 5.41) is 16.4. The summed E-state index contributed by atoms with van der Waals surface area (Å²) in [5.74, 6) is -0.340. The van der Waals surface area contributed by atoms with E-state index in [0.29, 0.717) is 17.0 Å². The smallest absolute Gasteiger partial charge is 0.269 e. The molecule has 0 aliphatic carbocycles. The summed E-state index contributed by atoms with van der Waals surface area (Å²) in [6.07, 6.45) is -0.855. The molecule has 8 nitrogen and oxygen atoms in total. The van der Waals surface area contributed by atoms with Crippen molar-refractivity contribution in [3.8, 4) is 5.75 Å². The number of anilines is 1. The number of ether oxygens (including phenoxy) is 1. The van der Waals surface area contributed by atoms with Gasteiger partial charge in [-0.1, -0.05) is 36.4 Å². The van der Waals surface area contributed by atoms with Crippen LogP contribution in [0.1, 0.15) is 35.8 Å². The van der Waals surface area contributed by atoms with Gasteiger partial charge in [-0.2, -0.15) is 0 Å². The molecule has 0 aliphatic heterocycles. The Morgan fingerprint density at radius 2 is 1.62 bits per heavy atom. The van der Waals surface area contributed by atoms with Crippen molar-refractivity contribution in [1.82, 2.24) is 5.32 Å². The molecule has 0 aromatic heterocycles. The van der Waals surface area contributed by atoms with Gasteiger partial charge in [0.05, 0.1) is 11.0 Å². The van der Waals surface area contributed by atoms with Crippen LogP contribution in [0, 0.1) is 10.1 Å². The highest BCUT2D eigenvalue weighted by molar-refractivity contribution is 5.98. The largest absolute Gasteiger partial charge is 0.481 e. The minimum Gasteiger partial charge on any atom is -0.481 e. The fourth-order valence-corrected chi connectivity index (χ4v) is 2.99. The van der Waals surface area contributed by atoms with Crippen molar-refractivity contribution in [3.05, 3.63) is 100 Å². The molecule has 0 aliphatic rings. The van der Waals surface area contributed by atoms with Crippen molar-refractivity contribution in [2.24, 2.45) is 0 Å². The highest BCUT2D eigenvalue weighted by Gasteiger charge is 2.17. The molecule has 0 heterocycles. The van der Waals surface area contributed by atoms with Gasteiger partial charge in [-0.05, 0) is 49.7 Å². The van der Waals surface area contributed by atoms with Crippen LogP contribution in [0.5, 0.6) is 5.75 Å². The van der Waals surface area contributed by atoms with Crippen molar-refractivity contribution in [2.75, 3.05) is 5.32 Å². The second-order valence-electron chi connectivity index (χ2n) is 7.19. The molecule has 3 rings (SSSR count). The standard InChI is InChI=1S/C24H23N3O5/c1-16(18-7-4-3-5-8-18)25-24(29)19-9-6-10-20(15-19)26-23(28)17(2)32-22-13-11-21(12-14-22)27(30)31/h3-17H,1-2H3,(H,25,29)(H,26,28). The molecule has 164 valence electrons. The van der Waals surface area contributed by atoms with Crippen molar-refractivity contribution in [1.29, 1.82) is 0 Å². The van der Waals surface area contributed by atoms with Crippen LogP contribution in [0.2, 0.25) is 0 Å². The molecule has 0 bridgehead atoms. The van der Waals surface area contributed by atoms with Gasteiger partial charge in [0.15, 0.2) is 6.10 Å². The lowest BCUT2D eigenvalue weighted by Gasteiger charge is -2.16. The molecule has 2 amide bonds. The highest BCUT2D eigenvalue weighted by atomic mass is 16.6. The third-order valence-corrected chi connectivity index (χ3v) is 4.77. The third kappa shape index (κ3) is 5.91. The lowest BCUT2D eigenvalue weighted by molar-refractivity contribution is -0.384. The first-order valence-electron chi connectivity index (χ1n) is 10.0. The zero-order valence-corrected chi connectivity index (χ0v) is 17.6. The summed E-state index contributed by atoms with van der Waals surface area (Å²) >= 11 is 0. The van der Waals surface area contributed by atoms with Gasteiger partial charge in [0.2, 0.25) is 0 Å². The van der Waals surface area contributed by atoms with Gasteiger partial charge in [0, 0.05) is 23.4 Å². The lowest BCUT2D eigenvalue weighted by Crippen LogP contribution is -2.30. The summed E-state index contributed by atoms with van der Waals surface area (Å²) in [4.78, 5) is 35.3. The van der Waals surface area contributed by atoms with Crippen LogP contribution in [0.15, 0.2) is 78.9 Å². The van der Waals surface area contributed by atoms with Gasteiger partial charge >= 0.3 is 0 Å². The molecule has 32 heavy (non-hydrogen) atoms. The van der Waals surface area contributed by atoms with E-state index in [1.807, 2.05) is 37.3 Å². The topological polar surface area (TPSA) is 111 Å². The quantitative estimate of drug-likeness (QED) is 0.402. The van der Waals surface area contributed by atoms with Crippen molar-refractivity contribution in [3.63, 3.8) is 0 Å². The van der Waals surface area contributed by atoms with Crippen LogP contribution in [-0.2, 0) is 4.79 Å². The van der Waals surface area contributed by atoms with Gasteiger partial charge in [0.25, 0.3) is 17.5 Å². The number of rotatable bonds is 8. The maximum atomic E-state index is 12.6. The van der Waals surface area contributed by atoms with E-state index in [1.54, 1.807) is 31.2 Å². The molecule has 0 radical (unpaired) electrons. The van der Waals surface area contributed by atoms with E-state index in [9.17, 15) is 19.7 Å². The van der Waals surface area contributed by atoms with Crippen LogP contribution in [0.4, 0.5) is 11.4 Å². The summed E-state index contributed by atoms with van der Waals surface area (Å²) in [6.45, 7) is 3.46. The Morgan fingerprint density at radius 1 is 0.938 bits per heavy atom. The number of nitro benzene ring substituents is 1. The van der Waals surface area contributed by atoms with E-state index >= 15 is 0 Å². The van der Waals surface area contributed by atoms with E-state index in [0.717, 1.165) is 5.56 Å². The Hall–Kier alpha value is -4.20. The normalized spacial score (nSPS) is 12.3. The van der Waals surface area contributed by atoms with Gasteiger partial charge in [-0.15, -0.1) is 0 Å². The molecule has 0 spiro atoms. The van der Waals surface area contributed by atoms with Crippen molar-refractivity contribution >= 4 is 23.2 Å². The Balaban J connectivity index is 1.60. The number of carbonyl (C=O) groups excluding carboxylic acids is 2. The molecular weight excluding hydrogens is 410 g/mol. The molecule has 2 unspecified atom stereocenters. The number of nitro groups is 1. The first-order chi connectivity index (χ1) is 15.3. The van der Waals surface area contributed by atoms with Crippen LogP contribution < -0.4 is 15.4 Å². The second-order valence-corrected chi connectivity index (χ2v) is 7.19. The fourth-order valence-electron chi connectivity index (χ4n) is 2.99. The molecule has 0 saturated heterocycles. The van der Waals surface area contributed by atoms with Gasteiger partial charge in [0.1, 0.15) is 5.75 Å². The molecule has 2 atom stereocenters. The summed E-state index contributed by atoms with van der Waals surface area (Å²) in [7, 11) is 0. The van der Waals surface area contributed by atoms with Crippen LogP contribution >= 0.6 is 0 Å². The fraction of sp³-hybridized carbons (Fsp3) is 0.167. The highest BCUT2D eigenvalue weighted by Crippen LogP contribution is 2.19. The molecule has 0 fully saturated rings. The Labute approximate surface area is 185 Å². The van der Waals surface area contributed by atoms with E-state index < -0.39 is 16.9 Å². The van der Waals surface area contributed by atoms with E-state index in [2.05, 4.69) is 10.6 Å². The first kappa shape index (κ1) is 22.5. The van der Waals surface area contributed by atoms with Crippen molar-refractivity contribution < 1.29 is 19.2 Å². The van der Waals surface area contributed by atoms with Crippen molar-refractivity contribution in [2.45, 2.75) is 26.0 Å². The van der Waals surface area contributed by atoms with E-state index in [-0.39, 0.29) is 17.6 Å². The van der Waals surface area contributed by atoms with E-state index in [4.69, 9.17) is 4.74 Å². The Bertz CT molecular complexity index is 1100. The number of amides is 2. The van der Waals surface area contributed by atoms with Crippen LogP contribution in [0.25, 0.3) is 0 Å². The lowest BCUT2D eigenvalue weighted by atomic mass is 10.1. The minimum absolute atomic E-state index is 0.0638. The predicted octanol–water partition coefficient (Wildman–Crippen LogP) is 4.49. The molecule has 3 aromatic carbocycles. The molecule has 8 heteroatoms. The molecular formula is C24H23N3O5. The minimum atomic E-state index is -0.855. The number of non-ortho nitro benzene ring substituents is 1. The summed E-state index contributed by atoms with van der Waals surface area (Å²) in [5.41, 5.74) is 1.79. The maximum absolute atomic E-state index is 12.6. The van der Waals surface area contributed by atoms with Crippen LogP contribution in [-0.4, -0.2) is 22.8 Å². The first-order valence-corrected chi connectivity index (χ1v) is 10.0. The zero-order chi connectivity index (χ0) is 23.1.